The van der Waals surface area contributed by atoms with Gasteiger partial charge in [0.05, 0.1) is 0 Å². The Kier molecular flexibility index (Phi) is 1.59. The van der Waals surface area contributed by atoms with Crippen LogP contribution in [0, 0.1) is 6.92 Å². The zero-order valence-electron chi connectivity index (χ0n) is 9.39. The van der Waals surface area contributed by atoms with E-state index in [0.29, 0.717) is 0 Å². The fourth-order valence-corrected chi connectivity index (χ4v) is 2.58. The Bertz CT molecular complexity index is 582. The van der Waals surface area contributed by atoms with Crippen molar-refractivity contribution in [2.45, 2.75) is 20.8 Å². The van der Waals surface area contributed by atoms with Crippen molar-refractivity contribution in [3.05, 3.63) is 47.0 Å². The molecule has 0 unspecified atom stereocenters. The van der Waals surface area contributed by atoms with E-state index < -0.39 is 0 Å². The largest absolute Gasteiger partial charge is 0.0610 e. The van der Waals surface area contributed by atoms with Crippen LogP contribution in [-0.4, -0.2) is 0 Å². The molecule has 0 amide bonds. The summed E-state index contributed by atoms with van der Waals surface area (Å²) in [6, 6.07) is 11.1. The molecule has 0 saturated carbocycles. The van der Waals surface area contributed by atoms with Gasteiger partial charge < -0.3 is 0 Å². The summed E-state index contributed by atoms with van der Waals surface area (Å²) in [6.07, 6.45) is 0. The average molecular weight is 194 g/mol. The lowest BCUT2D eigenvalue weighted by Gasteiger charge is -2.05. The lowest BCUT2D eigenvalue weighted by atomic mass is 9.99. The minimum absolute atomic E-state index is 1.37. The average Bonchev–Trinajstić information content (AvgIpc) is 2.50. The summed E-state index contributed by atoms with van der Waals surface area (Å²) in [6.45, 7) is 6.63. The standard InChI is InChI=1S/C15H14/c1-9-7-8-14-11(3)10(2)13-6-4-5-12(9)15(13)14/h4-8H,1-3H3. The van der Waals surface area contributed by atoms with Crippen molar-refractivity contribution >= 4 is 21.9 Å². The highest BCUT2D eigenvalue weighted by molar-refractivity contribution is 6.13. The van der Waals surface area contributed by atoms with Crippen LogP contribution in [-0.2, 0) is 0 Å². The topological polar surface area (TPSA) is 0 Å². The van der Waals surface area contributed by atoms with Crippen molar-refractivity contribution < 1.29 is 0 Å². The van der Waals surface area contributed by atoms with Gasteiger partial charge in [-0.2, -0.15) is 0 Å². The smallest absolute Gasteiger partial charge is 0.00307 e. The maximum Gasteiger partial charge on any atom is -0.00307 e. The van der Waals surface area contributed by atoms with Crippen LogP contribution in [0.15, 0.2) is 30.3 Å². The molecule has 2 aromatic rings. The van der Waals surface area contributed by atoms with E-state index >= 15 is 0 Å². The Morgan fingerprint density at radius 1 is 0.733 bits per heavy atom. The van der Waals surface area contributed by atoms with Crippen LogP contribution in [0.3, 0.4) is 0 Å². The van der Waals surface area contributed by atoms with Gasteiger partial charge >= 0.3 is 0 Å². The second kappa shape index (κ2) is 2.73. The van der Waals surface area contributed by atoms with Crippen molar-refractivity contribution in [1.82, 2.24) is 0 Å². The van der Waals surface area contributed by atoms with E-state index in [1.54, 1.807) is 0 Å². The molecule has 0 aromatic heterocycles. The SMILES string of the molecule is CC1=C(C)c2ccc(C)c3cccc1c23. The number of hydrogen-bond donors (Lipinski definition) is 0. The highest BCUT2D eigenvalue weighted by Gasteiger charge is 2.18. The Hall–Kier alpha value is -1.56. The van der Waals surface area contributed by atoms with Gasteiger partial charge in [-0.15, -0.1) is 0 Å². The molecule has 0 fully saturated rings. The highest BCUT2D eigenvalue weighted by atomic mass is 14.2. The van der Waals surface area contributed by atoms with Crippen LogP contribution in [0.1, 0.15) is 30.5 Å². The molecule has 0 aliphatic heterocycles. The summed E-state index contributed by atoms with van der Waals surface area (Å²) in [5.74, 6) is 0. The van der Waals surface area contributed by atoms with Crippen molar-refractivity contribution in [1.29, 1.82) is 0 Å². The Labute approximate surface area is 90.2 Å². The van der Waals surface area contributed by atoms with Crippen LogP contribution < -0.4 is 0 Å². The summed E-state index contributed by atoms with van der Waals surface area (Å²) in [7, 11) is 0. The predicted octanol–water partition coefficient (Wildman–Crippen LogP) is 4.41. The Morgan fingerprint density at radius 2 is 1.40 bits per heavy atom. The first-order valence-electron chi connectivity index (χ1n) is 5.40. The number of hydrogen-bond acceptors (Lipinski definition) is 0. The molecule has 1 aliphatic rings. The van der Waals surface area contributed by atoms with Gasteiger partial charge in [0.2, 0.25) is 0 Å². The zero-order chi connectivity index (χ0) is 10.6. The molecule has 15 heavy (non-hydrogen) atoms. The lowest BCUT2D eigenvalue weighted by Crippen LogP contribution is -1.83. The van der Waals surface area contributed by atoms with E-state index in [1.807, 2.05) is 0 Å². The molecule has 0 heteroatoms. The number of benzene rings is 2. The fourth-order valence-electron chi connectivity index (χ4n) is 2.58. The minimum Gasteiger partial charge on any atom is -0.0610 e. The quantitative estimate of drug-likeness (QED) is 0.582. The summed E-state index contributed by atoms with van der Waals surface area (Å²) < 4.78 is 0. The lowest BCUT2D eigenvalue weighted by molar-refractivity contribution is 1.51. The van der Waals surface area contributed by atoms with E-state index in [-0.39, 0.29) is 0 Å². The molecular weight excluding hydrogens is 180 g/mol. The van der Waals surface area contributed by atoms with Gasteiger partial charge in [-0.1, -0.05) is 30.3 Å². The molecule has 0 spiro atoms. The van der Waals surface area contributed by atoms with E-state index in [4.69, 9.17) is 0 Å². The molecular formula is C15H14. The van der Waals surface area contributed by atoms with Crippen LogP contribution in [0.2, 0.25) is 0 Å². The first kappa shape index (κ1) is 8.72. The summed E-state index contributed by atoms with van der Waals surface area (Å²) >= 11 is 0. The molecule has 74 valence electrons. The van der Waals surface area contributed by atoms with Crippen LogP contribution in [0.5, 0.6) is 0 Å². The molecule has 3 rings (SSSR count). The molecule has 0 heterocycles. The highest BCUT2D eigenvalue weighted by Crippen LogP contribution is 2.42. The molecule has 2 aromatic carbocycles. The summed E-state index contributed by atoms with van der Waals surface area (Å²) in [5, 5.41) is 2.86. The first-order chi connectivity index (χ1) is 7.20. The van der Waals surface area contributed by atoms with Crippen molar-refractivity contribution in [2.75, 3.05) is 0 Å². The fraction of sp³-hybridized carbons (Fsp3) is 0.200. The molecule has 0 saturated heterocycles. The van der Waals surface area contributed by atoms with Gasteiger partial charge in [-0.05, 0) is 59.4 Å². The van der Waals surface area contributed by atoms with E-state index in [1.165, 1.54) is 38.6 Å². The number of allylic oxidation sites excluding steroid dienone is 2. The monoisotopic (exact) mass is 194 g/mol. The van der Waals surface area contributed by atoms with Crippen molar-refractivity contribution in [2.24, 2.45) is 0 Å². The number of aryl methyl sites for hydroxylation is 1. The third-order valence-electron chi connectivity index (χ3n) is 3.63. The van der Waals surface area contributed by atoms with Crippen LogP contribution >= 0.6 is 0 Å². The van der Waals surface area contributed by atoms with Gasteiger partial charge in [0.25, 0.3) is 0 Å². The normalized spacial score (nSPS) is 14.1. The van der Waals surface area contributed by atoms with Gasteiger partial charge in [-0.3, -0.25) is 0 Å². The maximum absolute atomic E-state index is 2.26. The molecule has 0 atom stereocenters. The van der Waals surface area contributed by atoms with E-state index in [0.717, 1.165) is 0 Å². The third-order valence-corrected chi connectivity index (χ3v) is 3.63. The minimum atomic E-state index is 1.37. The van der Waals surface area contributed by atoms with Crippen LogP contribution in [0.25, 0.3) is 21.9 Å². The van der Waals surface area contributed by atoms with Gasteiger partial charge in [0.15, 0.2) is 0 Å². The molecule has 0 bridgehead atoms. The maximum atomic E-state index is 2.26. The first-order valence-corrected chi connectivity index (χ1v) is 5.40. The Balaban J connectivity index is 2.59. The number of rotatable bonds is 0. The van der Waals surface area contributed by atoms with Crippen LogP contribution in [0.4, 0.5) is 0 Å². The second-order valence-electron chi connectivity index (χ2n) is 4.41. The molecule has 0 radical (unpaired) electrons. The summed E-state index contributed by atoms with van der Waals surface area (Å²) in [5.41, 5.74) is 7.08. The summed E-state index contributed by atoms with van der Waals surface area (Å²) in [4.78, 5) is 0. The Morgan fingerprint density at radius 3 is 2.13 bits per heavy atom. The molecule has 1 aliphatic carbocycles. The predicted molar refractivity (Wildman–Crippen MR) is 66.8 cm³/mol. The van der Waals surface area contributed by atoms with Gasteiger partial charge in [0, 0.05) is 0 Å². The van der Waals surface area contributed by atoms with E-state index in [9.17, 15) is 0 Å². The third kappa shape index (κ3) is 0.967. The van der Waals surface area contributed by atoms with Gasteiger partial charge in [-0.25, -0.2) is 0 Å². The molecule has 0 nitrogen and oxygen atoms in total. The zero-order valence-corrected chi connectivity index (χ0v) is 9.39. The molecule has 0 N–H and O–H groups in total. The second-order valence-corrected chi connectivity index (χ2v) is 4.41. The van der Waals surface area contributed by atoms with Gasteiger partial charge in [0.1, 0.15) is 0 Å². The van der Waals surface area contributed by atoms with E-state index in [2.05, 4.69) is 51.1 Å². The van der Waals surface area contributed by atoms with Crippen molar-refractivity contribution in [3.8, 4) is 0 Å². The van der Waals surface area contributed by atoms with Crippen molar-refractivity contribution in [3.63, 3.8) is 0 Å².